The largest absolute Gasteiger partial charge is 0.503 e. The summed E-state index contributed by atoms with van der Waals surface area (Å²) in [5.74, 6) is -2.55. The molecule has 34 heavy (non-hydrogen) atoms. The van der Waals surface area contributed by atoms with Crippen LogP contribution >= 0.6 is 11.8 Å². The first-order valence-electron chi connectivity index (χ1n) is 10.9. The molecule has 2 N–H and O–H groups in total. The number of aromatic hydroxyl groups is 1. The number of pyridine rings is 1. The van der Waals surface area contributed by atoms with E-state index in [-0.39, 0.29) is 40.9 Å². The molecule has 1 aromatic carbocycles. The average molecular weight is 492 g/mol. The summed E-state index contributed by atoms with van der Waals surface area (Å²) < 4.78 is 34.1. The SMILES string of the molecule is CC/C=C(\Cc1ccc(F)cc1F)SC(=N)c1cn2c(c(O)c1=O)C(=O)N(CC)[C@H](COC)C2. The molecule has 0 saturated carbocycles. The van der Waals surface area contributed by atoms with E-state index in [1.165, 1.54) is 34.9 Å². The number of amides is 1. The van der Waals surface area contributed by atoms with Gasteiger partial charge in [0.2, 0.25) is 5.43 Å². The monoisotopic (exact) mass is 491 g/mol. The summed E-state index contributed by atoms with van der Waals surface area (Å²) in [4.78, 5) is 28.0. The Balaban J connectivity index is 1.93. The number of fused-ring (bicyclic) bond motifs is 1. The van der Waals surface area contributed by atoms with Crippen LogP contribution in [0, 0.1) is 17.0 Å². The molecule has 0 fully saturated rings. The van der Waals surface area contributed by atoms with Crippen LogP contribution in [0.5, 0.6) is 5.75 Å². The summed E-state index contributed by atoms with van der Waals surface area (Å²) in [5, 5.41) is 19.0. The first-order chi connectivity index (χ1) is 16.2. The van der Waals surface area contributed by atoms with Gasteiger partial charge in [0.15, 0.2) is 11.4 Å². The van der Waals surface area contributed by atoms with Gasteiger partial charge < -0.3 is 19.3 Å². The van der Waals surface area contributed by atoms with Gasteiger partial charge in [-0.25, -0.2) is 8.78 Å². The number of nitrogens with zero attached hydrogens (tertiary/aromatic N) is 2. The number of benzene rings is 1. The highest BCUT2D eigenvalue weighted by atomic mass is 32.2. The highest BCUT2D eigenvalue weighted by Crippen LogP contribution is 2.29. The van der Waals surface area contributed by atoms with E-state index in [4.69, 9.17) is 10.1 Å². The Kier molecular flexibility index (Phi) is 8.27. The number of ether oxygens (including phenoxy) is 1. The molecule has 3 rings (SSSR count). The lowest BCUT2D eigenvalue weighted by molar-refractivity contribution is 0.0422. The van der Waals surface area contributed by atoms with Crippen molar-refractivity contribution in [1.29, 1.82) is 5.41 Å². The molecule has 7 nitrogen and oxygen atoms in total. The maximum atomic E-state index is 14.2. The summed E-state index contributed by atoms with van der Waals surface area (Å²) in [6.45, 7) is 4.64. The normalized spacial score (nSPS) is 16.0. The van der Waals surface area contributed by atoms with Gasteiger partial charge >= 0.3 is 0 Å². The van der Waals surface area contributed by atoms with Crippen LogP contribution in [0.15, 0.2) is 40.2 Å². The number of carbonyl (C=O) groups is 1. The topological polar surface area (TPSA) is 95.6 Å². The molecule has 1 aromatic heterocycles. The second-order valence-corrected chi connectivity index (χ2v) is 8.98. The van der Waals surface area contributed by atoms with E-state index < -0.39 is 28.7 Å². The first-order valence-corrected chi connectivity index (χ1v) is 11.7. The number of thioether (sulfide) groups is 1. The molecular weight excluding hydrogens is 464 g/mol. The van der Waals surface area contributed by atoms with Gasteiger partial charge in [0.05, 0.1) is 18.2 Å². The van der Waals surface area contributed by atoms with Crippen molar-refractivity contribution in [3.8, 4) is 5.75 Å². The Bertz CT molecular complexity index is 1200. The molecular formula is C24H27F2N3O4S. The third-order valence-electron chi connectivity index (χ3n) is 5.56. The number of hydrogen-bond donors (Lipinski definition) is 2. The quantitative estimate of drug-likeness (QED) is 0.431. The first kappa shape index (κ1) is 25.6. The lowest BCUT2D eigenvalue weighted by atomic mass is 10.1. The Labute approximate surface area is 200 Å². The maximum Gasteiger partial charge on any atom is 0.274 e. The van der Waals surface area contributed by atoms with Crippen LogP contribution in [0.25, 0.3) is 0 Å². The standard InChI is InChI=1S/C24H27F2N3O4S/c1-4-6-17(9-14-7-8-15(25)10-19(14)26)34-23(27)18-12-28-11-16(13-33-3)29(5-2)24(32)20(28)22(31)21(18)30/h6-8,10,12,16,27,31H,4-5,9,11,13H2,1-3H3/b17-6+,27-23?/t16-/m0/s1. The highest BCUT2D eigenvalue weighted by Gasteiger charge is 2.35. The fourth-order valence-corrected chi connectivity index (χ4v) is 4.96. The van der Waals surface area contributed by atoms with Crippen LogP contribution in [0.2, 0.25) is 0 Å². The van der Waals surface area contributed by atoms with E-state index in [1.807, 2.05) is 6.92 Å². The van der Waals surface area contributed by atoms with Gasteiger partial charge in [0.1, 0.15) is 16.7 Å². The van der Waals surface area contributed by atoms with Gasteiger partial charge in [-0.2, -0.15) is 0 Å². The summed E-state index contributed by atoms with van der Waals surface area (Å²) in [7, 11) is 1.53. The summed E-state index contributed by atoms with van der Waals surface area (Å²) in [5.41, 5.74) is -0.735. The van der Waals surface area contributed by atoms with E-state index in [2.05, 4.69) is 0 Å². The summed E-state index contributed by atoms with van der Waals surface area (Å²) in [6, 6.07) is 3.02. The average Bonchev–Trinajstić information content (AvgIpc) is 2.78. The van der Waals surface area contributed by atoms with Crippen molar-refractivity contribution in [2.45, 2.75) is 39.3 Å². The third kappa shape index (κ3) is 5.23. The highest BCUT2D eigenvalue weighted by molar-refractivity contribution is 8.17. The second kappa shape index (κ2) is 11.0. The fraction of sp³-hybridized carbons (Fsp3) is 0.375. The predicted molar refractivity (Wildman–Crippen MR) is 128 cm³/mol. The van der Waals surface area contributed by atoms with Crippen LogP contribution in [0.4, 0.5) is 8.78 Å². The van der Waals surface area contributed by atoms with Gasteiger partial charge in [0.25, 0.3) is 5.91 Å². The lowest BCUT2D eigenvalue weighted by Crippen LogP contribution is -2.50. The number of aromatic nitrogens is 1. The fourth-order valence-electron chi connectivity index (χ4n) is 3.96. The minimum atomic E-state index is -0.817. The molecule has 0 bridgehead atoms. The van der Waals surface area contributed by atoms with Crippen LogP contribution < -0.4 is 5.43 Å². The van der Waals surface area contributed by atoms with Gasteiger partial charge in [-0.1, -0.05) is 30.8 Å². The van der Waals surface area contributed by atoms with Crippen LogP contribution in [0.1, 0.15) is 41.9 Å². The Morgan fingerprint density at radius 3 is 2.68 bits per heavy atom. The van der Waals surface area contributed by atoms with Crippen LogP contribution in [0.3, 0.4) is 0 Å². The molecule has 182 valence electrons. The number of allylic oxidation sites excluding steroid dienone is 2. The molecule has 0 spiro atoms. The molecule has 0 unspecified atom stereocenters. The molecule has 1 aliphatic rings. The number of likely N-dealkylation sites (N-methyl/N-ethyl adjacent to an activating group) is 1. The number of nitrogens with one attached hydrogen (secondary N) is 1. The van der Waals surface area contributed by atoms with Crippen molar-refractivity contribution in [1.82, 2.24) is 9.47 Å². The second-order valence-electron chi connectivity index (χ2n) is 7.84. The minimum absolute atomic E-state index is 0.0678. The molecule has 0 saturated heterocycles. The van der Waals surface area contributed by atoms with Crippen LogP contribution in [-0.2, 0) is 17.7 Å². The molecule has 2 heterocycles. The van der Waals surface area contributed by atoms with E-state index in [0.29, 0.717) is 24.4 Å². The predicted octanol–water partition coefficient (Wildman–Crippen LogP) is 3.92. The molecule has 2 aromatic rings. The van der Waals surface area contributed by atoms with Gasteiger partial charge in [0, 0.05) is 38.9 Å². The van der Waals surface area contributed by atoms with E-state index in [0.717, 1.165) is 17.8 Å². The zero-order valence-electron chi connectivity index (χ0n) is 19.2. The van der Waals surface area contributed by atoms with Crippen molar-refractivity contribution in [2.75, 3.05) is 20.3 Å². The maximum absolute atomic E-state index is 14.2. The zero-order valence-corrected chi connectivity index (χ0v) is 20.0. The molecule has 1 aliphatic heterocycles. The zero-order chi connectivity index (χ0) is 25.0. The smallest absolute Gasteiger partial charge is 0.274 e. The summed E-state index contributed by atoms with van der Waals surface area (Å²) >= 11 is 0.960. The van der Waals surface area contributed by atoms with E-state index in [1.54, 1.807) is 13.0 Å². The summed E-state index contributed by atoms with van der Waals surface area (Å²) in [6.07, 6.45) is 3.93. The van der Waals surface area contributed by atoms with E-state index >= 15 is 0 Å². The third-order valence-corrected chi connectivity index (χ3v) is 6.55. The number of halogens is 2. The lowest BCUT2D eigenvalue weighted by Gasteiger charge is -2.37. The molecule has 1 amide bonds. The molecule has 0 aliphatic carbocycles. The van der Waals surface area contributed by atoms with Gasteiger partial charge in [-0.05, 0) is 29.9 Å². The minimum Gasteiger partial charge on any atom is -0.503 e. The Morgan fingerprint density at radius 2 is 2.06 bits per heavy atom. The van der Waals surface area contributed by atoms with Gasteiger partial charge in [-0.3, -0.25) is 15.0 Å². The molecule has 10 heteroatoms. The number of carbonyl (C=O) groups excluding carboxylic acids is 1. The van der Waals surface area contributed by atoms with Crippen molar-refractivity contribution in [3.05, 3.63) is 74.1 Å². The Morgan fingerprint density at radius 1 is 1.32 bits per heavy atom. The van der Waals surface area contributed by atoms with E-state index in [9.17, 15) is 23.5 Å². The van der Waals surface area contributed by atoms with Crippen molar-refractivity contribution < 1.29 is 23.4 Å². The number of methoxy groups -OCH3 is 1. The molecule has 0 radical (unpaired) electrons. The number of hydrogen-bond acceptors (Lipinski definition) is 6. The van der Waals surface area contributed by atoms with Gasteiger partial charge in [-0.15, -0.1) is 0 Å². The van der Waals surface area contributed by atoms with Crippen molar-refractivity contribution >= 4 is 22.7 Å². The molecule has 1 atom stereocenters. The number of rotatable bonds is 8. The van der Waals surface area contributed by atoms with Crippen molar-refractivity contribution in [3.63, 3.8) is 0 Å². The Hall–Kier alpha value is -2.98. The van der Waals surface area contributed by atoms with Crippen LogP contribution in [-0.4, -0.2) is 51.8 Å². The van der Waals surface area contributed by atoms with Crippen molar-refractivity contribution in [2.24, 2.45) is 0 Å².